The number of benzene rings is 1. The minimum absolute atomic E-state index is 0.195. The van der Waals surface area contributed by atoms with Gasteiger partial charge in [-0.05, 0) is 30.2 Å². The molecule has 1 unspecified atom stereocenters. The van der Waals surface area contributed by atoms with Crippen LogP contribution in [0.25, 0.3) is 0 Å². The number of carbonyl (C=O) groups excluding carboxylic acids is 1. The van der Waals surface area contributed by atoms with Gasteiger partial charge in [0, 0.05) is 5.56 Å². The number of hydrogen-bond donors (Lipinski definition) is 1. The Morgan fingerprint density at radius 3 is 3.00 bits per heavy atom. The third kappa shape index (κ3) is 3.18. The van der Waals surface area contributed by atoms with E-state index in [1.807, 2.05) is 0 Å². The zero-order valence-corrected chi connectivity index (χ0v) is 10.1. The molecular weight excluding hydrogens is 232 g/mol. The quantitative estimate of drug-likeness (QED) is 0.450. The van der Waals surface area contributed by atoms with Crippen molar-refractivity contribution >= 4 is 5.78 Å². The summed E-state index contributed by atoms with van der Waals surface area (Å²) in [7, 11) is 0. The first-order valence-electron chi connectivity index (χ1n) is 5.87. The van der Waals surface area contributed by atoms with Crippen LogP contribution < -0.4 is 4.74 Å². The second kappa shape index (κ2) is 5.80. The molecule has 18 heavy (non-hydrogen) atoms. The predicted molar refractivity (Wildman–Crippen MR) is 67.0 cm³/mol. The maximum Gasteiger partial charge on any atom is 0.188 e. The summed E-state index contributed by atoms with van der Waals surface area (Å²) < 4.78 is 10.7. The van der Waals surface area contributed by atoms with E-state index in [2.05, 4.69) is 6.58 Å². The van der Waals surface area contributed by atoms with Crippen molar-refractivity contribution < 1.29 is 19.4 Å². The maximum atomic E-state index is 11.4. The molecule has 0 aliphatic carbocycles. The molecule has 0 amide bonds. The van der Waals surface area contributed by atoms with Gasteiger partial charge < -0.3 is 14.6 Å². The summed E-state index contributed by atoms with van der Waals surface area (Å²) >= 11 is 0. The molecule has 1 fully saturated rings. The van der Waals surface area contributed by atoms with Gasteiger partial charge in [0.2, 0.25) is 0 Å². The summed E-state index contributed by atoms with van der Waals surface area (Å²) in [5.41, 5.74) is 1.38. The maximum absolute atomic E-state index is 11.4. The zero-order chi connectivity index (χ0) is 13.0. The lowest BCUT2D eigenvalue weighted by Gasteiger charge is -2.10. The number of ether oxygens (including phenoxy) is 2. The van der Waals surface area contributed by atoms with E-state index in [9.17, 15) is 4.79 Å². The van der Waals surface area contributed by atoms with Crippen molar-refractivity contribution in [3.63, 3.8) is 0 Å². The van der Waals surface area contributed by atoms with E-state index >= 15 is 0 Å². The molecule has 1 aliphatic rings. The molecule has 1 N–H and O–H groups in total. The number of ketones is 1. The molecule has 2 rings (SSSR count). The molecule has 4 nitrogen and oxygen atoms in total. The van der Waals surface area contributed by atoms with Crippen molar-refractivity contribution in [3.8, 4) is 5.75 Å². The number of carbonyl (C=O) groups is 1. The second-order valence-electron chi connectivity index (χ2n) is 4.16. The van der Waals surface area contributed by atoms with E-state index < -0.39 is 6.61 Å². The van der Waals surface area contributed by atoms with Crippen LogP contribution in [-0.4, -0.2) is 36.8 Å². The fraction of sp³-hybridized carbons (Fsp3) is 0.357. The Hall–Kier alpha value is -1.65. The Kier molecular flexibility index (Phi) is 4.12. The highest BCUT2D eigenvalue weighted by atomic mass is 16.6. The van der Waals surface area contributed by atoms with Crippen LogP contribution in [0.3, 0.4) is 0 Å². The topological polar surface area (TPSA) is 59.1 Å². The summed E-state index contributed by atoms with van der Waals surface area (Å²) in [4.78, 5) is 11.4. The minimum Gasteiger partial charge on any atom is -0.490 e. The number of epoxide rings is 1. The van der Waals surface area contributed by atoms with Gasteiger partial charge in [-0.1, -0.05) is 6.08 Å². The van der Waals surface area contributed by atoms with Crippen LogP contribution in [0.15, 0.2) is 30.9 Å². The standard InChI is InChI=1S/C14H16O4/c1-2-3-11-6-10(13(16)7-15)4-5-14(11)18-9-12-8-17-12/h2,4-6,12,15H,1,3,7-9H2. The summed E-state index contributed by atoms with van der Waals surface area (Å²) in [5.74, 6) is 0.442. The van der Waals surface area contributed by atoms with E-state index in [0.29, 0.717) is 18.6 Å². The Balaban J connectivity index is 2.15. The molecular formula is C14H16O4. The van der Waals surface area contributed by atoms with Crippen LogP contribution in [0.2, 0.25) is 0 Å². The molecule has 0 saturated carbocycles. The van der Waals surface area contributed by atoms with Gasteiger partial charge >= 0.3 is 0 Å². The Labute approximate surface area is 106 Å². The van der Waals surface area contributed by atoms with Crippen molar-refractivity contribution in [1.82, 2.24) is 0 Å². The van der Waals surface area contributed by atoms with E-state index in [0.717, 1.165) is 17.9 Å². The van der Waals surface area contributed by atoms with Crippen molar-refractivity contribution in [2.45, 2.75) is 12.5 Å². The van der Waals surface area contributed by atoms with E-state index in [1.165, 1.54) is 0 Å². The highest BCUT2D eigenvalue weighted by Gasteiger charge is 2.23. The second-order valence-corrected chi connectivity index (χ2v) is 4.16. The van der Waals surface area contributed by atoms with Gasteiger partial charge in [-0.2, -0.15) is 0 Å². The lowest BCUT2D eigenvalue weighted by molar-refractivity contribution is 0.0903. The Morgan fingerprint density at radius 2 is 2.39 bits per heavy atom. The lowest BCUT2D eigenvalue weighted by Crippen LogP contribution is -2.08. The first kappa shape index (κ1) is 12.8. The monoisotopic (exact) mass is 248 g/mol. The van der Waals surface area contributed by atoms with Crippen molar-refractivity contribution in [2.75, 3.05) is 19.8 Å². The third-order valence-electron chi connectivity index (χ3n) is 2.72. The number of hydrogen-bond acceptors (Lipinski definition) is 4. The number of rotatable bonds is 7. The van der Waals surface area contributed by atoms with Crippen LogP contribution >= 0.6 is 0 Å². The van der Waals surface area contributed by atoms with Crippen LogP contribution in [0.5, 0.6) is 5.75 Å². The van der Waals surface area contributed by atoms with Gasteiger partial charge in [0.1, 0.15) is 25.1 Å². The molecule has 1 aromatic carbocycles. The highest BCUT2D eigenvalue weighted by Crippen LogP contribution is 2.23. The minimum atomic E-state index is -0.482. The van der Waals surface area contributed by atoms with Crippen molar-refractivity contribution in [3.05, 3.63) is 42.0 Å². The van der Waals surface area contributed by atoms with Gasteiger partial charge in [0.25, 0.3) is 0 Å². The number of aliphatic hydroxyl groups excluding tert-OH is 1. The largest absolute Gasteiger partial charge is 0.490 e. The van der Waals surface area contributed by atoms with E-state index in [1.54, 1.807) is 24.3 Å². The molecule has 1 heterocycles. The number of Topliss-reactive ketones (excluding diaryl/α,β-unsaturated/α-hetero) is 1. The molecule has 1 saturated heterocycles. The predicted octanol–water partition coefficient (Wildman–Crippen LogP) is 1.37. The fourth-order valence-electron chi connectivity index (χ4n) is 1.65. The molecule has 0 bridgehead atoms. The average Bonchev–Trinajstić information content (AvgIpc) is 3.20. The van der Waals surface area contributed by atoms with Gasteiger partial charge in [-0.25, -0.2) is 0 Å². The first-order chi connectivity index (χ1) is 8.74. The Morgan fingerprint density at radius 1 is 1.61 bits per heavy atom. The third-order valence-corrected chi connectivity index (χ3v) is 2.72. The van der Waals surface area contributed by atoms with Crippen LogP contribution in [0.1, 0.15) is 15.9 Å². The fourth-order valence-corrected chi connectivity index (χ4v) is 1.65. The van der Waals surface area contributed by atoms with Crippen molar-refractivity contribution in [1.29, 1.82) is 0 Å². The molecule has 96 valence electrons. The summed E-state index contributed by atoms with van der Waals surface area (Å²) in [6, 6.07) is 5.15. The van der Waals surface area contributed by atoms with Gasteiger partial charge in [-0.3, -0.25) is 4.79 Å². The van der Waals surface area contributed by atoms with Gasteiger partial charge in [-0.15, -0.1) is 6.58 Å². The number of allylic oxidation sites excluding steroid dienone is 1. The molecule has 1 aliphatic heterocycles. The summed E-state index contributed by atoms with van der Waals surface area (Å²) in [5, 5.41) is 8.85. The SMILES string of the molecule is C=CCc1cc(C(=O)CO)ccc1OCC1CO1. The molecule has 0 aromatic heterocycles. The number of aliphatic hydroxyl groups is 1. The average molecular weight is 248 g/mol. The summed E-state index contributed by atoms with van der Waals surface area (Å²) in [6.07, 6.45) is 2.57. The first-order valence-corrected chi connectivity index (χ1v) is 5.87. The normalized spacial score (nSPS) is 17.3. The van der Waals surface area contributed by atoms with Crippen LogP contribution in [0, 0.1) is 0 Å². The molecule has 0 spiro atoms. The van der Waals surface area contributed by atoms with E-state index in [-0.39, 0.29) is 11.9 Å². The lowest BCUT2D eigenvalue weighted by atomic mass is 10.0. The van der Waals surface area contributed by atoms with Gasteiger partial charge in [0.05, 0.1) is 6.61 Å². The molecule has 1 aromatic rings. The molecule has 0 radical (unpaired) electrons. The molecule has 1 atom stereocenters. The smallest absolute Gasteiger partial charge is 0.188 e. The zero-order valence-electron chi connectivity index (χ0n) is 10.1. The summed E-state index contributed by atoms with van der Waals surface area (Å²) in [6.45, 7) is 4.48. The van der Waals surface area contributed by atoms with Crippen molar-refractivity contribution in [2.24, 2.45) is 0 Å². The highest BCUT2D eigenvalue weighted by molar-refractivity contribution is 5.97. The Bertz CT molecular complexity index is 449. The van der Waals surface area contributed by atoms with Crippen LogP contribution in [-0.2, 0) is 11.2 Å². The van der Waals surface area contributed by atoms with E-state index in [4.69, 9.17) is 14.6 Å². The van der Waals surface area contributed by atoms with Gasteiger partial charge in [0.15, 0.2) is 5.78 Å². The van der Waals surface area contributed by atoms with Crippen LogP contribution in [0.4, 0.5) is 0 Å². The molecule has 4 heteroatoms.